The third-order valence-electron chi connectivity index (χ3n) is 10.8. The summed E-state index contributed by atoms with van der Waals surface area (Å²) >= 11 is 0. The molecule has 0 aromatic carbocycles. The lowest BCUT2D eigenvalue weighted by atomic mass is 9.95. The average molecular weight is 1300 g/mol. The minimum Gasteiger partial charge on any atom is -0.481 e. The smallest absolute Gasteiger partial charge is 0.408 e. The average Bonchev–Trinajstić information content (AvgIpc) is 3.70. The number of amides is 8. The minimum absolute atomic E-state index is 0.0315. The second-order valence-electron chi connectivity index (χ2n) is 21.7. The first-order valence-corrected chi connectivity index (χ1v) is 30.6. The molecule has 31 heteroatoms. The Hall–Kier alpha value is -7.18. The zero-order valence-electron chi connectivity index (χ0n) is 56.3. The van der Waals surface area contributed by atoms with Gasteiger partial charge in [-0.1, -0.05) is 53.9 Å². The number of alkyl carbamates (subject to hydrolysis) is 2. The predicted molar refractivity (Wildman–Crippen MR) is 341 cm³/mol. The third kappa shape index (κ3) is 82.9. The largest absolute Gasteiger partial charge is 0.481 e. The maximum Gasteiger partial charge on any atom is 0.408 e. The Bertz CT molecular complexity index is 1990. The fourth-order valence-electron chi connectivity index (χ4n) is 6.30. The van der Waals surface area contributed by atoms with Gasteiger partial charge in [-0.25, -0.2) is 9.59 Å². The van der Waals surface area contributed by atoms with Crippen molar-refractivity contribution in [3.8, 4) is 0 Å². The molecular weight excluding hydrogens is 1180 g/mol. The molecule has 0 aliphatic carbocycles. The molecular formula is C59H117N13O18. The van der Waals surface area contributed by atoms with Gasteiger partial charge in [0.15, 0.2) is 5.78 Å². The van der Waals surface area contributed by atoms with Gasteiger partial charge in [0.1, 0.15) is 23.5 Å². The van der Waals surface area contributed by atoms with Crippen molar-refractivity contribution >= 4 is 77.3 Å². The van der Waals surface area contributed by atoms with Crippen LogP contribution in [0.1, 0.15) is 192 Å². The fourth-order valence-corrected chi connectivity index (χ4v) is 6.30. The Balaban J connectivity index is -0.000000280. The number of carbonyl (C=O) groups excluding carboxylic acids is 12. The van der Waals surface area contributed by atoms with Crippen molar-refractivity contribution in [1.29, 1.82) is 0 Å². The monoisotopic (exact) mass is 1300 g/mol. The highest BCUT2D eigenvalue weighted by molar-refractivity contribution is 5.92. The van der Waals surface area contributed by atoms with E-state index in [-0.39, 0.29) is 105 Å². The van der Waals surface area contributed by atoms with E-state index in [2.05, 4.69) is 68.6 Å². The molecule has 0 aromatic heterocycles. The number of ketones is 2. The number of Topliss-reactive ketones (excluding diaryl/α,β-unsaturated/α-hetero) is 2. The number of carboxylic acid groups (broad SMARTS) is 2. The van der Waals surface area contributed by atoms with Crippen molar-refractivity contribution in [1.82, 2.24) is 47.9 Å². The van der Waals surface area contributed by atoms with E-state index in [9.17, 15) is 52.7 Å². The molecule has 0 aliphatic rings. The number of carboxylic acids is 2. The van der Waals surface area contributed by atoms with Crippen LogP contribution < -0.4 is 70.8 Å². The summed E-state index contributed by atoms with van der Waals surface area (Å²) in [4.78, 5) is 154. The number of nitrogens with two attached hydrogens (primary N) is 4. The summed E-state index contributed by atoms with van der Waals surface area (Å²) < 4.78 is 9.76. The molecule has 0 bridgehead atoms. The maximum atomic E-state index is 12.8. The minimum atomic E-state index is -1.10. The van der Waals surface area contributed by atoms with Crippen molar-refractivity contribution in [3.05, 3.63) is 0 Å². The molecule has 0 radical (unpaired) electrons. The van der Waals surface area contributed by atoms with Crippen LogP contribution in [0.4, 0.5) is 9.59 Å². The van der Waals surface area contributed by atoms with Crippen molar-refractivity contribution < 1.29 is 86.8 Å². The number of unbranched alkanes of at least 4 members (excludes halogenated alkanes) is 4. The van der Waals surface area contributed by atoms with Gasteiger partial charge in [-0.15, -0.1) is 0 Å². The topological polar surface area (TPSA) is 510 Å². The van der Waals surface area contributed by atoms with Crippen LogP contribution in [0.15, 0.2) is 0 Å². The first-order valence-electron chi connectivity index (χ1n) is 30.6. The van der Waals surface area contributed by atoms with Crippen LogP contribution in [0.5, 0.6) is 0 Å². The summed E-state index contributed by atoms with van der Waals surface area (Å²) in [6.07, 6.45) is 9.63. The molecule has 3 atom stereocenters. The summed E-state index contributed by atoms with van der Waals surface area (Å²) in [7, 11) is 1.96. The lowest BCUT2D eigenvalue weighted by Gasteiger charge is -2.19. The molecule has 90 heavy (non-hydrogen) atoms. The van der Waals surface area contributed by atoms with Crippen molar-refractivity contribution in [3.63, 3.8) is 0 Å². The van der Waals surface area contributed by atoms with E-state index in [0.29, 0.717) is 90.4 Å². The van der Waals surface area contributed by atoms with E-state index < -0.39 is 59.6 Å². The lowest BCUT2D eigenvalue weighted by Crippen LogP contribution is -2.44. The molecule has 0 aliphatic heterocycles. The predicted octanol–water partition coefficient (Wildman–Crippen LogP) is 1.55. The summed E-state index contributed by atoms with van der Waals surface area (Å²) in [5.74, 6) is -5.19. The highest BCUT2D eigenvalue weighted by Gasteiger charge is 2.24. The normalized spacial score (nSPS) is 11.0. The standard InChI is InChI=1S/C33H62N10O8.C8H17NO2.C7H13NO4.C4H11N.C4H10.C2H4O2.CO2/c1-2-24(42-32(50)22-41-33(51)23(17-25(44)18-34)9-3-6-15-39-29(47)19-35)10-4-7-14-38-28(46)13-12-27(45)26(43-31(49)21-37)11-5-8-16-40-30(48)20-36;1-5-6-9-7(10)11-8(2,3)4;1-7(2,3)12-6(11)8-4-5(9)10;1-3-4-5-2;1-3-4-2;1-2(3)4;2-1-3/h23-24,26H,2-22,34-37H2,1H3,(H,38,46)(H,39,47)(H,40,48)(H,41,51)(H,42,50)(H,43,49);5-6H2,1-4H3,(H,9,10);4H2,1-3H3,(H,8,11)(H,9,10);5H,3-4H2,1-2H3;3-4H2,1-2H3;1H3,(H,3,4);/t23-,24+,26-;;;;;;/m0....../s1. The Labute approximate surface area is 533 Å². The molecule has 19 N–H and O–H groups in total. The number of aliphatic carboxylic acids is 2. The second-order valence-corrected chi connectivity index (χ2v) is 21.7. The molecule has 8 amide bonds. The third-order valence-corrected chi connectivity index (χ3v) is 10.8. The number of ether oxygens (including phenoxy) is 2. The zero-order chi connectivity index (χ0) is 70.9. The molecule has 0 unspecified atom stereocenters. The fraction of sp³-hybridized carbons (Fsp3) is 0.780. The van der Waals surface area contributed by atoms with Gasteiger partial charge in [-0.3, -0.25) is 47.9 Å². The van der Waals surface area contributed by atoms with Crippen molar-refractivity contribution in [2.75, 3.05) is 79.0 Å². The molecule has 31 nitrogen and oxygen atoms in total. The Morgan fingerprint density at radius 2 is 0.922 bits per heavy atom. The highest BCUT2D eigenvalue weighted by Crippen LogP contribution is 2.14. The number of carbonyl (C=O) groups is 12. The number of hydrogen-bond acceptors (Lipinski definition) is 21. The van der Waals surface area contributed by atoms with Crippen LogP contribution in [0, 0.1) is 5.92 Å². The van der Waals surface area contributed by atoms with Gasteiger partial charge in [-0.2, -0.15) is 9.59 Å². The summed E-state index contributed by atoms with van der Waals surface area (Å²) in [5, 5.41) is 39.5. The summed E-state index contributed by atoms with van der Waals surface area (Å²) in [6, 6.07) is -0.914. The van der Waals surface area contributed by atoms with E-state index in [4.69, 9.17) is 57.0 Å². The Kier molecular flexibility index (Phi) is 71.0. The first-order chi connectivity index (χ1) is 42.1. The molecule has 0 spiro atoms. The van der Waals surface area contributed by atoms with Gasteiger partial charge in [0.25, 0.3) is 5.97 Å². The van der Waals surface area contributed by atoms with Gasteiger partial charge in [0.05, 0.1) is 38.8 Å². The van der Waals surface area contributed by atoms with Gasteiger partial charge >= 0.3 is 24.3 Å². The van der Waals surface area contributed by atoms with Gasteiger partial charge in [-0.05, 0) is 126 Å². The number of nitrogens with one attached hydrogen (secondary N) is 9. The zero-order valence-corrected chi connectivity index (χ0v) is 56.3. The van der Waals surface area contributed by atoms with E-state index in [0.717, 1.165) is 19.9 Å². The van der Waals surface area contributed by atoms with E-state index in [1.165, 1.54) is 19.3 Å². The Morgan fingerprint density at radius 1 is 0.489 bits per heavy atom. The number of rotatable bonds is 38. The van der Waals surface area contributed by atoms with Crippen LogP contribution in [0.25, 0.3) is 0 Å². The van der Waals surface area contributed by atoms with Gasteiger partial charge in [0.2, 0.25) is 35.4 Å². The SMILES string of the molecule is CC(=O)O.CC(C)(C)OC(=O)NCC(=O)O.CCCC.CCCNC.CCCNC(=O)OC(C)(C)C.CC[C@H](CCCCNC(=O)CCC(=O)[C@H](CCCCNC(=O)CN)NC(=O)CN)NC(=O)CNC(=O)[C@@H](CCCCNC(=O)CN)CC(=O)CN.O=C=O. The second kappa shape index (κ2) is 66.2. The maximum absolute atomic E-state index is 12.8. The molecule has 0 rings (SSSR count). The molecule has 0 saturated heterocycles. The summed E-state index contributed by atoms with van der Waals surface area (Å²) in [5.41, 5.74) is 20.3. The van der Waals surface area contributed by atoms with Gasteiger partial charge < -0.3 is 90.5 Å². The summed E-state index contributed by atoms with van der Waals surface area (Å²) in [6.45, 7) is 23.8. The highest BCUT2D eigenvalue weighted by atomic mass is 16.6. The molecule has 0 heterocycles. The molecule has 0 fully saturated rings. The molecule has 526 valence electrons. The van der Waals surface area contributed by atoms with Crippen LogP contribution in [-0.4, -0.2) is 190 Å². The van der Waals surface area contributed by atoms with E-state index in [1.54, 1.807) is 20.8 Å². The van der Waals surface area contributed by atoms with Gasteiger partial charge in [0, 0.05) is 64.3 Å². The Morgan fingerprint density at radius 3 is 1.30 bits per heavy atom. The first kappa shape index (κ1) is 96.4. The van der Waals surface area contributed by atoms with Crippen LogP contribution >= 0.6 is 0 Å². The quantitative estimate of drug-likeness (QED) is 0.0390. The van der Waals surface area contributed by atoms with Crippen LogP contribution in [0.2, 0.25) is 0 Å². The molecule has 0 saturated carbocycles. The molecule has 0 aromatic rings. The lowest BCUT2D eigenvalue weighted by molar-refractivity contribution is -0.192. The van der Waals surface area contributed by atoms with Crippen molar-refractivity contribution in [2.45, 2.75) is 216 Å². The van der Waals surface area contributed by atoms with E-state index >= 15 is 0 Å². The van der Waals surface area contributed by atoms with Crippen LogP contribution in [-0.2, 0) is 67.0 Å². The van der Waals surface area contributed by atoms with Crippen molar-refractivity contribution in [2.24, 2.45) is 28.9 Å². The number of hydrogen-bond donors (Lipinski definition) is 15. The van der Waals surface area contributed by atoms with Crippen LogP contribution in [0.3, 0.4) is 0 Å². The van der Waals surface area contributed by atoms with E-state index in [1.807, 2.05) is 41.7 Å².